The lowest BCUT2D eigenvalue weighted by Gasteiger charge is -2.10. The van der Waals surface area contributed by atoms with E-state index < -0.39 is 0 Å². The van der Waals surface area contributed by atoms with Gasteiger partial charge in [-0.2, -0.15) is 4.57 Å². The molecule has 5 heteroatoms. The summed E-state index contributed by atoms with van der Waals surface area (Å²) < 4.78 is 1.86. The molecule has 1 aromatic heterocycles. The van der Waals surface area contributed by atoms with Crippen molar-refractivity contribution in [3.05, 3.63) is 58.3 Å². The van der Waals surface area contributed by atoms with Crippen molar-refractivity contribution in [2.75, 3.05) is 5.32 Å². The Hall–Kier alpha value is -1.58. The van der Waals surface area contributed by atoms with Gasteiger partial charge < -0.3 is 5.32 Å². The van der Waals surface area contributed by atoms with Crippen LogP contribution in [0.25, 0.3) is 0 Å². The lowest BCUT2D eigenvalue weighted by molar-refractivity contribution is -0.705. The van der Waals surface area contributed by atoms with Crippen LogP contribution in [0.4, 0.5) is 5.69 Å². The maximum atomic E-state index is 12.3. The molecular formula is C16H17Cl2N2O+. The van der Waals surface area contributed by atoms with Crippen LogP contribution in [0.2, 0.25) is 10.0 Å². The van der Waals surface area contributed by atoms with Crippen LogP contribution in [0.3, 0.4) is 0 Å². The van der Waals surface area contributed by atoms with Crippen LogP contribution in [0.5, 0.6) is 0 Å². The Morgan fingerprint density at radius 1 is 1.24 bits per heavy atom. The van der Waals surface area contributed by atoms with E-state index >= 15 is 0 Å². The van der Waals surface area contributed by atoms with Crippen molar-refractivity contribution in [3.63, 3.8) is 0 Å². The van der Waals surface area contributed by atoms with Gasteiger partial charge in [-0.1, -0.05) is 30.1 Å². The largest absolute Gasteiger partial charge is 0.319 e. The fourth-order valence-electron chi connectivity index (χ4n) is 1.93. The Morgan fingerprint density at radius 2 is 1.90 bits per heavy atom. The number of amides is 1. The van der Waals surface area contributed by atoms with E-state index in [1.165, 1.54) is 5.56 Å². The normalized spacial score (nSPS) is 12.0. The number of nitrogens with zero attached hydrogens (tertiary/aromatic N) is 1. The lowest BCUT2D eigenvalue weighted by Crippen LogP contribution is -2.44. The highest BCUT2D eigenvalue weighted by atomic mass is 35.5. The van der Waals surface area contributed by atoms with Gasteiger partial charge in [0.1, 0.15) is 0 Å². The number of aryl methyl sites for hydroxylation is 1. The number of halogens is 2. The second-order valence-electron chi connectivity index (χ2n) is 4.80. The lowest BCUT2D eigenvalue weighted by atomic mass is 10.2. The summed E-state index contributed by atoms with van der Waals surface area (Å²) in [5.74, 6) is -0.131. The molecule has 2 rings (SSSR count). The van der Waals surface area contributed by atoms with Crippen molar-refractivity contribution in [3.8, 4) is 0 Å². The molecule has 0 aliphatic carbocycles. The van der Waals surface area contributed by atoms with Crippen molar-refractivity contribution in [2.24, 2.45) is 0 Å². The summed E-state index contributed by atoms with van der Waals surface area (Å²) in [5.41, 5.74) is 1.79. The fourth-order valence-corrected chi connectivity index (χ4v) is 2.38. The van der Waals surface area contributed by atoms with E-state index in [4.69, 9.17) is 23.2 Å². The van der Waals surface area contributed by atoms with E-state index in [0.29, 0.717) is 15.7 Å². The Labute approximate surface area is 134 Å². The van der Waals surface area contributed by atoms with Crippen LogP contribution in [-0.2, 0) is 11.2 Å². The molecular weight excluding hydrogens is 307 g/mol. The van der Waals surface area contributed by atoms with Gasteiger partial charge in [0.15, 0.2) is 12.4 Å². The first kappa shape index (κ1) is 15.8. The third kappa shape index (κ3) is 3.96. The first-order valence-electron chi connectivity index (χ1n) is 6.77. The van der Waals surface area contributed by atoms with E-state index in [1.54, 1.807) is 18.2 Å². The third-order valence-electron chi connectivity index (χ3n) is 3.35. The fraction of sp³-hybridized carbons (Fsp3) is 0.250. The number of benzene rings is 1. The molecule has 110 valence electrons. The molecule has 0 saturated carbocycles. The first-order chi connectivity index (χ1) is 10.0. The molecule has 21 heavy (non-hydrogen) atoms. The van der Waals surface area contributed by atoms with Gasteiger partial charge in [-0.05, 0) is 30.2 Å². The zero-order chi connectivity index (χ0) is 15.4. The summed E-state index contributed by atoms with van der Waals surface area (Å²) >= 11 is 11.9. The minimum Gasteiger partial charge on any atom is -0.319 e. The number of aromatic nitrogens is 1. The number of pyridine rings is 1. The van der Waals surface area contributed by atoms with Gasteiger partial charge in [-0.15, -0.1) is 0 Å². The number of hydrogen-bond donors (Lipinski definition) is 1. The predicted octanol–water partition coefficient (Wildman–Crippen LogP) is 4.04. The van der Waals surface area contributed by atoms with Crippen molar-refractivity contribution in [1.82, 2.24) is 0 Å². The van der Waals surface area contributed by atoms with Gasteiger partial charge in [-0.3, -0.25) is 4.79 Å². The summed E-state index contributed by atoms with van der Waals surface area (Å²) in [6, 6.07) is 8.68. The molecule has 2 aromatic rings. The van der Waals surface area contributed by atoms with Crippen molar-refractivity contribution in [2.45, 2.75) is 26.3 Å². The number of hydrogen-bond acceptors (Lipinski definition) is 1. The molecule has 0 aliphatic rings. The topological polar surface area (TPSA) is 33.0 Å². The first-order valence-corrected chi connectivity index (χ1v) is 7.52. The quantitative estimate of drug-likeness (QED) is 0.846. The van der Waals surface area contributed by atoms with Crippen LogP contribution >= 0.6 is 23.2 Å². The standard InChI is InChI=1S/C16H16Cl2N2O/c1-3-12-6-8-20(9-7-12)11(2)16(21)19-15-5-4-13(17)10-14(15)18/h4-11H,3H2,1-2H3/p+1/t11-/m0/s1. The maximum absolute atomic E-state index is 12.3. The van der Waals surface area contributed by atoms with Crippen molar-refractivity contribution >= 4 is 34.8 Å². The van der Waals surface area contributed by atoms with E-state index in [2.05, 4.69) is 12.2 Å². The van der Waals surface area contributed by atoms with Crippen molar-refractivity contribution in [1.29, 1.82) is 0 Å². The van der Waals surface area contributed by atoms with Crippen molar-refractivity contribution < 1.29 is 9.36 Å². The average molecular weight is 324 g/mol. The number of carbonyl (C=O) groups is 1. The molecule has 0 fully saturated rings. The van der Waals surface area contributed by atoms with Gasteiger partial charge in [0.25, 0.3) is 5.91 Å². The zero-order valence-corrected chi connectivity index (χ0v) is 13.4. The van der Waals surface area contributed by atoms with Crippen LogP contribution in [0.1, 0.15) is 25.5 Å². The SMILES string of the molecule is CCc1cc[n+]([C@@H](C)C(=O)Nc2ccc(Cl)cc2Cl)cc1. The molecule has 0 radical (unpaired) electrons. The average Bonchev–Trinajstić information content (AvgIpc) is 2.49. The Bertz CT molecular complexity index is 641. The van der Waals surface area contributed by atoms with E-state index in [-0.39, 0.29) is 11.9 Å². The molecule has 1 amide bonds. The van der Waals surface area contributed by atoms with E-state index in [0.717, 1.165) is 6.42 Å². The Kier molecular flexibility index (Phi) is 5.21. The van der Waals surface area contributed by atoms with E-state index in [1.807, 2.05) is 36.0 Å². The molecule has 1 heterocycles. The van der Waals surface area contributed by atoms with E-state index in [9.17, 15) is 4.79 Å². The van der Waals surface area contributed by atoms with Gasteiger partial charge in [0.05, 0.1) is 10.7 Å². The third-order valence-corrected chi connectivity index (χ3v) is 3.89. The van der Waals surface area contributed by atoms with Gasteiger partial charge in [-0.25, -0.2) is 0 Å². The number of carbonyl (C=O) groups excluding carboxylic acids is 1. The zero-order valence-electron chi connectivity index (χ0n) is 11.9. The molecule has 0 unspecified atom stereocenters. The van der Waals surface area contributed by atoms with Crippen LogP contribution < -0.4 is 9.88 Å². The van der Waals surface area contributed by atoms with Crippen LogP contribution in [0.15, 0.2) is 42.7 Å². The highest BCUT2D eigenvalue weighted by Crippen LogP contribution is 2.25. The minimum atomic E-state index is -0.331. The monoisotopic (exact) mass is 323 g/mol. The molecule has 0 saturated heterocycles. The summed E-state index contributed by atoms with van der Waals surface area (Å²) in [6.45, 7) is 3.93. The summed E-state index contributed by atoms with van der Waals surface area (Å²) in [5, 5.41) is 3.78. The Balaban J connectivity index is 2.11. The number of rotatable bonds is 4. The van der Waals surface area contributed by atoms with Crippen LogP contribution in [0, 0.1) is 0 Å². The minimum absolute atomic E-state index is 0.131. The second kappa shape index (κ2) is 6.92. The summed E-state index contributed by atoms with van der Waals surface area (Å²) in [4.78, 5) is 12.3. The maximum Gasteiger partial charge on any atom is 0.293 e. The molecule has 1 N–H and O–H groups in total. The number of nitrogens with one attached hydrogen (secondary N) is 1. The second-order valence-corrected chi connectivity index (χ2v) is 5.64. The molecule has 1 aromatic carbocycles. The number of anilines is 1. The summed E-state index contributed by atoms with van der Waals surface area (Å²) in [6.07, 6.45) is 4.79. The molecule has 0 spiro atoms. The Morgan fingerprint density at radius 3 is 2.48 bits per heavy atom. The van der Waals surface area contributed by atoms with Crippen LogP contribution in [-0.4, -0.2) is 5.91 Å². The molecule has 0 aliphatic heterocycles. The predicted molar refractivity (Wildman–Crippen MR) is 85.8 cm³/mol. The van der Waals surface area contributed by atoms with Gasteiger partial charge in [0.2, 0.25) is 6.04 Å². The van der Waals surface area contributed by atoms with Gasteiger partial charge >= 0.3 is 0 Å². The molecule has 3 nitrogen and oxygen atoms in total. The highest BCUT2D eigenvalue weighted by Gasteiger charge is 2.22. The highest BCUT2D eigenvalue weighted by molar-refractivity contribution is 6.36. The smallest absolute Gasteiger partial charge is 0.293 e. The summed E-state index contributed by atoms with van der Waals surface area (Å²) in [7, 11) is 0. The van der Waals surface area contributed by atoms with Gasteiger partial charge in [0, 0.05) is 24.1 Å². The molecule has 1 atom stereocenters. The molecule has 0 bridgehead atoms.